The third-order valence-corrected chi connectivity index (χ3v) is 4.29. The van der Waals surface area contributed by atoms with E-state index in [-0.39, 0.29) is 5.91 Å². The van der Waals surface area contributed by atoms with Crippen LogP contribution in [0.1, 0.15) is 38.9 Å². The quantitative estimate of drug-likeness (QED) is 0.604. The summed E-state index contributed by atoms with van der Waals surface area (Å²) in [7, 11) is 1.79. The number of nitrogens with zero attached hydrogens (tertiary/aromatic N) is 4. The maximum absolute atomic E-state index is 11.2. The molecule has 1 amide bonds. The fraction of sp³-hybridized carbons (Fsp3) is 0.706. The van der Waals surface area contributed by atoms with Gasteiger partial charge in [-0.3, -0.25) is 9.79 Å². The molecule has 7 heteroatoms. The van der Waals surface area contributed by atoms with Gasteiger partial charge in [-0.05, 0) is 24.7 Å². The summed E-state index contributed by atoms with van der Waals surface area (Å²) in [4.78, 5) is 22.2. The van der Waals surface area contributed by atoms with Crippen molar-refractivity contribution in [3.05, 3.63) is 18.2 Å². The zero-order chi connectivity index (χ0) is 17.5. The molecule has 0 aliphatic carbocycles. The van der Waals surface area contributed by atoms with Gasteiger partial charge in [0.15, 0.2) is 5.96 Å². The lowest BCUT2D eigenvalue weighted by Crippen LogP contribution is -2.47. The van der Waals surface area contributed by atoms with Crippen molar-refractivity contribution < 1.29 is 4.79 Å². The Kier molecular flexibility index (Phi) is 6.63. The molecule has 1 aliphatic rings. The van der Waals surface area contributed by atoms with Crippen LogP contribution in [0.5, 0.6) is 0 Å². The summed E-state index contributed by atoms with van der Waals surface area (Å²) in [5.74, 6) is 2.55. The van der Waals surface area contributed by atoms with Crippen molar-refractivity contribution in [1.29, 1.82) is 0 Å². The van der Waals surface area contributed by atoms with E-state index < -0.39 is 0 Å². The van der Waals surface area contributed by atoms with Gasteiger partial charge in [0.25, 0.3) is 0 Å². The molecular formula is C17H30N6O. The van der Waals surface area contributed by atoms with Crippen molar-refractivity contribution in [3.63, 3.8) is 0 Å². The Morgan fingerprint density at radius 3 is 3.00 bits per heavy atom. The van der Waals surface area contributed by atoms with Gasteiger partial charge >= 0.3 is 0 Å². The minimum absolute atomic E-state index is 0.222. The fourth-order valence-corrected chi connectivity index (χ4v) is 3.27. The molecule has 0 radical (unpaired) electrons. The zero-order valence-electron chi connectivity index (χ0n) is 15.0. The number of piperidine rings is 1. The molecule has 1 aliphatic heterocycles. The summed E-state index contributed by atoms with van der Waals surface area (Å²) < 4.78 is 2.18. The number of nitrogens with one attached hydrogen (secondary N) is 1. The van der Waals surface area contributed by atoms with Crippen molar-refractivity contribution in [2.24, 2.45) is 22.6 Å². The number of amides is 1. The highest BCUT2D eigenvalue weighted by Crippen LogP contribution is 2.19. The molecule has 1 aromatic rings. The molecule has 0 bridgehead atoms. The van der Waals surface area contributed by atoms with E-state index in [4.69, 9.17) is 5.73 Å². The molecule has 0 saturated carbocycles. The maximum Gasteiger partial charge on any atom is 0.217 e. The topological polar surface area (TPSA) is 88.5 Å². The third-order valence-electron chi connectivity index (χ3n) is 4.29. The number of hydrogen-bond acceptors (Lipinski definition) is 3. The molecule has 2 heterocycles. The van der Waals surface area contributed by atoms with Gasteiger partial charge in [0.2, 0.25) is 5.91 Å². The molecule has 7 nitrogen and oxygen atoms in total. The molecule has 134 valence electrons. The first-order valence-electron chi connectivity index (χ1n) is 8.73. The van der Waals surface area contributed by atoms with Crippen LogP contribution in [0.2, 0.25) is 0 Å². The monoisotopic (exact) mass is 334 g/mol. The Morgan fingerprint density at radius 1 is 1.54 bits per heavy atom. The van der Waals surface area contributed by atoms with Crippen LogP contribution in [0.4, 0.5) is 0 Å². The molecule has 24 heavy (non-hydrogen) atoms. The average molecular weight is 334 g/mol. The van der Waals surface area contributed by atoms with Crippen molar-refractivity contribution in [2.45, 2.75) is 46.2 Å². The van der Waals surface area contributed by atoms with Crippen LogP contribution >= 0.6 is 0 Å². The first kappa shape index (κ1) is 18.3. The molecule has 1 unspecified atom stereocenters. The molecule has 2 rings (SSSR count). The average Bonchev–Trinajstić information content (AvgIpc) is 2.94. The second-order valence-corrected chi connectivity index (χ2v) is 6.92. The largest absolute Gasteiger partial charge is 0.370 e. The van der Waals surface area contributed by atoms with Gasteiger partial charge in [-0.2, -0.15) is 0 Å². The Morgan fingerprint density at radius 2 is 2.33 bits per heavy atom. The van der Waals surface area contributed by atoms with Crippen molar-refractivity contribution in [3.8, 4) is 0 Å². The highest BCUT2D eigenvalue weighted by atomic mass is 16.1. The number of aromatic nitrogens is 2. The number of likely N-dealkylation sites (tertiary alicyclic amines) is 1. The van der Waals surface area contributed by atoms with Gasteiger partial charge in [0.05, 0.1) is 6.54 Å². The standard InChI is InChI=1S/C17H30N6O/c1-13(2)11-22-8-6-20-16(22)10-21-17(19-3)23-7-4-5-14(12-23)9-15(18)24/h6,8,13-14H,4-5,7,9-12H2,1-3H3,(H2,18,24)(H,19,21). The van der Waals surface area contributed by atoms with Crippen molar-refractivity contribution in [1.82, 2.24) is 19.8 Å². The van der Waals surface area contributed by atoms with E-state index in [1.807, 2.05) is 12.4 Å². The van der Waals surface area contributed by atoms with Crippen LogP contribution in [-0.4, -0.2) is 46.5 Å². The highest BCUT2D eigenvalue weighted by molar-refractivity contribution is 5.80. The van der Waals surface area contributed by atoms with E-state index in [0.717, 1.165) is 44.3 Å². The highest BCUT2D eigenvalue weighted by Gasteiger charge is 2.23. The normalized spacial score (nSPS) is 18.9. The molecule has 1 atom stereocenters. The van der Waals surface area contributed by atoms with Crippen molar-refractivity contribution in [2.75, 3.05) is 20.1 Å². The van der Waals surface area contributed by atoms with Gasteiger partial charge in [-0.1, -0.05) is 13.8 Å². The number of nitrogens with two attached hydrogens (primary N) is 1. The van der Waals surface area contributed by atoms with Crippen molar-refractivity contribution >= 4 is 11.9 Å². The van der Waals surface area contributed by atoms with Gasteiger partial charge in [0, 0.05) is 45.5 Å². The van der Waals surface area contributed by atoms with Gasteiger partial charge in [-0.15, -0.1) is 0 Å². The molecule has 1 saturated heterocycles. The van der Waals surface area contributed by atoms with Gasteiger partial charge in [0.1, 0.15) is 5.82 Å². The fourth-order valence-electron chi connectivity index (χ4n) is 3.27. The van der Waals surface area contributed by atoms with E-state index in [9.17, 15) is 4.79 Å². The van der Waals surface area contributed by atoms with E-state index >= 15 is 0 Å². The van der Waals surface area contributed by atoms with Crippen LogP contribution in [0.15, 0.2) is 17.4 Å². The first-order chi connectivity index (χ1) is 11.5. The van der Waals surface area contributed by atoms with Gasteiger partial charge < -0.3 is 20.5 Å². The minimum atomic E-state index is -0.222. The number of primary amides is 1. The molecule has 0 spiro atoms. The number of carbonyl (C=O) groups excluding carboxylic acids is 1. The Labute approximate surface area is 144 Å². The summed E-state index contributed by atoms with van der Waals surface area (Å²) >= 11 is 0. The lowest BCUT2D eigenvalue weighted by Gasteiger charge is -2.34. The lowest BCUT2D eigenvalue weighted by atomic mass is 9.95. The predicted molar refractivity (Wildman–Crippen MR) is 95.4 cm³/mol. The summed E-state index contributed by atoms with van der Waals surface area (Å²) in [6, 6.07) is 0. The van der Waals surface area contributed by atoms with E-state index in [0.29, 0.717) is 24.8 Å². The lowest BCUT2D eigenvalue weighted by molar-refractivity contribution is -0.119. The third kappa shape index (κ3) is 5.25. The summed E-state index contributed by atoms with van der Waals surface area (Å²) in [5.41, 5.74) is 5.34. The predicted octanol–water partition coefficient (Wildman–Crippen LogP) is 1.20. The molecule has 3 N–H and O–H groups in total. The maximum atomic E-state index is 11.2. The Hall–Kier alpha value is -2.05. The number of aliphatic imine (C=N–C) groups is 1. The second kappa shape index (κ2) is 8.70. The Bertz CT molecular complexity index is 565. The number of carbonyl (C=O) groups is 1. The summed E-state index contributed by atoms with van der Waals surface area (Å²) in [6.07, 6.45) is 6.41. The molecule has 1 fully saturated rings. The second-order valence-electron chi connectivity index (χ2n) is 6.92. The number of guanidine groups is 1. The van der Waals surface area contributed by atoms with Crippen LogP contribution in [-0.2, 0) is 17.9 Å². The Balaban J connectivity index is 1.93. The van der Waals surface area contributed by atoms with E-state index in [1.165, 1.54) is 0 Å². The van der Waals surface area contributed by atoms with Crippen LogP contribution in [0.3, 0.4) is 0 Å². The molecule has 0 aromatic carbocycles. The minimum Gasteiger partial charge on any atom is -0.370 e. The van der Waals surface area contributed by atoms with Crippen LogP contribution in [0.25, 0.3) is 0 Å². The summed E-state index contributed by atoms with van der Waals surface area (Å²) in [6.45, 7) is 7.77. The molecule has 1 aromatic heterocycles. The number of rotatable bonds is 6. The smallest absolute Gasteiger partial charge is 0.217 e. The van der Waals surface area contributed by atoms with E-state index in [2.05, 4.69) is 38.6 Å². The zero-order valence-corrected chi connectivity index (χ0v) is 15.0. The summed E-state index contributed by atoms with van der Waals surface area (Å²) in [5, 5.41) is 3.41. The van der Waals surface area contributed by atoms with Crippen LogP contribution < -0.4 is 11.1 Å². The first-order valence-corrected chi connectivity index (χ1v) is 8.73. The number of imidazole rings is 1. The SMILES string of the molecule is CN=C(NCc1nccn1CC(C)C)N1CCCC(CC(N)=O)C1. The van der Waals surface area contributed by atoms with Crippen LogP contribution in [0, 0.1) is 11.8 Å². The molecular weight excluding hydrogens is 304 g/mol. The number of hydrogen-bond donors (Lipinski definition) is 2. The van der Waals surface area contributed by atoms with E-state index in [1.54, 1.807) is 7.05 Å². The van der Waals surface area contributed by atoms with Gasteiger partial charge in [-0.25, -0.2) is 4.98 Å².